The molecule has 0 spiro atoms. The molecule has 0 radical (unpaired) electrons. The minimum absolute atomic E-state index is 0.0647. The van der Waals surface area contributed by atoms with Crippen molar-refractivity contribution in [1.82, 2.24) is 0 Å². The average Bonchev–Trinajstić information content (AvgIpc) is 2.86. The van der Waals surface area contributed by atoms with E-state index >= 15 is 0 Å². The normalized spacial score (nSPS) is 10.2. The lowest BCUT2D eigenvalue weighted by Crippen LogP contribution is -2.21. The molecule has 1 aromatic carbocycles. The molecule has 0 aliphatic rings. The molecule has 20 heavy (non-hydrogen) atoms. The molecule has 8 heteroatoms. The van der Waals surface area contributed by atoms with Gasteiger partial charge in [-0.15, -0.1) is 0 Å². The molecule has 1 heterocycles. The molecule has 0 atom stereocenters. The van der Waals surface area contributed by atoms with Gasteiger partial charge >= 0.3 is 0 Å². The molecule has 0 amide bonds. The molecule has 104 valence electrons. The fourth-order valence-electron chi connectivity index (χ4n) is 1.43. The van der Waals surface area contributed by atoms with E-state index in [1.807, 2.05) is 0 Å². The van der Waals surface area contributed by atoms with E-state index in [9.17, 15) is 20.0 Å². The molecule has 2 rings (SSSR count). The van der Waals surface area contributed by atoms with Crippen molar-refractivity contribution in [3.05, 3.63) is 57.0 Å². The first-order valence-corrected chi connectivity index (χ1v) is 5.72. The van der Waals surface area contributed by atoms with Crippen LogP contribution in [0, 0.1) is 10.1 Å². The molecule has 2 aromatic rings. The summed E-state index contributed by atoms with van der Waals surface area (Å²) in [5.74, 6) is -1.25. The predicted octanol–water partition coefficient (Wildman–Crippen LogP) is 1.78. The average molecular weight is 297 g/mol. The maximum absolute atomic E-state index is 10.5. The van der Waals surface area contributed by atoms with Crippen molar-refractivity contribution < 1.29 is 24.0 Å². The molecule has 0 aliphatic heterocycles. The Morgan fingerprint density at radius 2 is 2.10 bits per heavy atom. The number of halogens is 1. The standard InChI is InChI=1S/C12H8ClNO6/c13-9-5-7(14(17)18)1-3-10(9)19-6-8-2-4-11(20-8)12(15)16/h1-5H,6H2,(H,15,16)/p-1. The van der Waals surface area contributed by atoms with Gasteiger partial charge in [-0.2, -0.15) is 0 Å². The minimum atomic E-state index is -1.43. The molecule has 0 bridgehead atoms. The van der Waals surface area contributed by atoms with Crippen molar-refractivity contribution in [2.75, 3.05) is 0 Å². The number of furan rings is 1. The van der Waals surface area contributed by atoms with Crippen LogP contribution >= 0.6 is 11.6 Å². The van der Waals surface area contributed by atoms with Gasteiger partial charge in [0.05, 0.1) is 9.95 Å². The number of nitro groups is 1. The zero-order chi connectivity index (χ0) is 14.7. The first kappa shape index (κ1) is 13.9. The Bertz CT molecular complexity index is 666. The fraction of sp³-hybridized carbons (Fsp3) is 0.0833. The third-order valence-electron chi connectivity index (χ3n) is 2.36. The Labute approximate surface area is 117 Å². The maximum atomic E-state index is 10.5. The van der Waals surface area contributed by atoms with Crippen LogP contribution in [0.15, 0.2) is 34.7 Å². The van der Waals surface area contributed by atoms with Crippen LogP contribution in [0.5, 0.6) is 5.75 Å². The highest BCUT2D eigenvalue weighted by molar-refractivity contribution is 6.32. The Hall–Kier alpha value is -2.54. The molecule has 0 aliphatic carbocycles. The first-order valence-electron chi connectivity index (χ1n) is 5.34. The lowest BCUT2D eigenvalue weighted by molar-refractivity contribution is -0.384. The molecule has 7 nitrogen and oxygen atoms in total. The van der Waals surface area contributed by atoms with Crippen molar-refractivity contribution in [3.8, 4) is 5.75 Å². The van der Waals surface area contributed by atoms with E-state index in [0.29, 0.717) is 0 Å². The zero-order valence-electron chi connectivity index (χ0n) is 9.87. The van der Waals surface area contributed by atoms with Gasteiger partial charge in [-0.25, -0.2) is 0 Å². The van der Waals surface area contributed by atoms with Gasteiger partial charge in [0, 0.05) is 12.1 Å². The molecule has 0 unspecified atom stereocenters. The van der Waals surface area contributed by atoms with E-state index in [4.69, 9.17) is 20.8 Å². The lowest BCUT2D eigenvalue weighted by atomic mass is 10.3. The number of hydrogen-bond acceptors (Lipinski definition) is 6. The molecule has 0 fully saturated rings. The van der Waals surface area contributed by atoms with Crippen molar-refractivity contribution in [3.63, 3.8) is 0 Å². The third kappa shape index (κ3) is 3.07. The second kappa shape index (κ2) is 5.62. The summed E-state index contributed by atoms with van der Waals surface area (Å²) in [4.78, 5) is 20.5. The second-order valence-electron chi connectivity index (χ2n) is 3.71. The SMILES string of the molecule is O=C([O-])c1ccc(COc2ccc([N+](=O)[O-])cc2Cl)o1. The van der Waals surface area contributed by atoms with Gasteiger partial charge < -0.3 is 19.1 Å². The van der Waals surface area contributed by atoms with E-state index in [1.54, 1.807) is 0 Å². The quantitative estimate of drug-likeness (QED) is 0.615. The Kier molecular flexibility index (Phi) is 3.90. The predicted molar refractivity (Wildman–Crippen MR) is 65.5 cm³/mol. The topological polar surface area (TPSA) is 106 Å². The van der Waals surface area contributed by atoms with Crippen LogP contribution < -0.4 is 9.84 Å². The number of carboxylic acid groups (broad SMARTS) is 1. The number of rotatable bonds is 5. The van der Waals surface area contributed by atoms with Crippen molar-refractivity contribution in [1.29, 1.82) is 0 Å². The minimum Gasteiger partial charge on any atom is -0.542 e. The van der Waals surface area contributed by atoms with Gasteiger partial charge in [0.1, 0.15) is 29.8 Å². The summed E-state index contributed by atoms with van der Waals surface area (Å²) < 4.78 is 10.2. The number of carboxylic acids is 1. The number of hydrogen-bond donors (Lipinski definition) is 0. The van der Waals surface area contributed by atoms with Gasteiger partial charge in [-0.1, -0.05) is 11.6 Å². The number of nitrogens with zero attached hydrogens (tertiary/aromatic N) is 1. The summed E-state index contributed by atoms with van der Waals surface area (Å²) in [5.41, 5.74) is -0.153. The van der Waals surface area contributed by atoms with Crippen LogP contribution in [0.2, 0.25) is 5.02 Å². The Balaban J connectivity index is 2.06. The largest absolute Gasteiger partial charge is 0.542 e. The van der Waals surface area contributed by atoms with E-state index in [2.05, 4.69) is 0 Å². The van der Waals surface area contributed by atoms with Gasteiger partial charge in [-0.05, 0) is 18.2 Å². The van der Waals surface area contributed by atoms with Crippen LogP contribution in [0.3, 0.4) is 0 Å². The third-order valence-corrected chi connectivity index (χ3v) is 2.65. The number of benzene rings is 1. The Morgan fingerprint density at radius 1 is 1.35 bits per heavy atom. The number of non-ortho nitro benzene ring substituents is 1. The van der Waals surface area contributed by atoms with Crippen LogP contribution in [0.1, 0.15) is 16.3 Å². The maximum Gasteiger partial charge on any atom is 0.271 e. The number of carbonyl (C=O) groups is 1. The summed E-state index contributed by atoms with van der Waals surface area (Å²) in [6.07, 6.45) is 0. The number of ether oxygens (including phenoxy) is 1. The summed E-state index contributed by atoms with van der Waals surface area (Å²) in [6, 6.07) is 6.42. The fourth-order valence-corrected chi connectivity index (χ4v) is 1.66. The van der Waals surface area contributed by atoms with Crippen molar-refractivity contribution >= 4 is 23.3 Å². The van der Waals surface area contributed by atoms with E-state index in [0.717, 1.165) is 6.07 Å². The van der Waals surface area contributed by atoms with E-state index in [-0.39, 0.29) is 34.6 Å². The van der Waals surface area contributed by atoms with Gasteiger partial charge in [0.15, 0.2) is 0 Å². The molecular formula is C12H7ClNO6-. The van der Waals surface area contributed by atoms with Gasteiger partial charge in [-0.3, -0.25) is 10.1 Å². The molecule has 0 saturated heterocycles. The highest BCUT2D eigenvalue weighted by atomic mass is 35.5. The summed E-state index contributed by atoms with van der Waals surface area (Å²) in [5, 5.41) is 21.1. The molecular weight excluding hydrogens is 290 g/mol. The van der Waals surface area contributed by atoms with Crippen molar-refractivity contribution in [2.24, 2.45) is 0 Å². The lowest BCUT2D eigenvalue weighted by Gasteiger charge is -2.06. The first-order chi connectivity index (χ1) is 9.47. The summed E-state index contributed by atoms with van der Waals surface area (Å²) >= 11 is 5.83. The van der Waals surface area contributed by atoms with Crippen molar-refractivity contribution in [2.45, 2.75) is 6.61 Å². The van der Waals surface area contributed by atoms with Gasteiger partial charge in [0.2, 0.25) is 0 Å². The van der Waals surface area contributed by atoms with Gasteiger partial charge in [0.25, 0.3) is 5.69 Å². The summed E-state index contributed by atoms with van der Waals surface area (Å²) in [7, 11) is 0. The van der Waals surface area contributed by atoms with Crippen LogP contribution in [0.25, 0.3) is 0 Å². The summed E-state index contributed by atoms with van der Waals surface area (Å²) in [6.45, 7) is -0.0647. The van der Waals surface area contributed by atoms with E-state index in [1.165, 1.54) is 24.3 Å². The smallest absolute Gasteiger partial charge is 0.271 e. The number of carbonyl (C=O) groups excluding carboxylic acids is 1. The Morgan fingerprint density at radius 3 is 2.65 bits per heavy atom. The zero-order valence-corrected chi connectivity index (χ0v) is 10.6. The molecule has 1 aromatic heterocycles. The molecule has 0 saturated carbocycles. The van der Waals surface area contributed by atoms with Crippen LogP contribution in [-0.2, 0) is 6.61 Å². The molecule has 0 N–H and O–H groups in total. The monoisotopic (exact) mass is 296 g/mol. The van der Waals surface area contributed by atoms with Crippen LogP contribution in [-0.4, -0.2) is 10.9 Å². The van der Waals surface area contributed by atoms with E-state index < -0.39 is 10.9 Å². The number of nitro benzene ring substituents is 1. The number of aromatic carboxylic acids is 1. The highest BCUT2D eigenvalue weighted by Crippen LogP contribution is 2.29. The highest BCUT2D eigenvalue weighted by Gasteiger charge is 2.11. The second-order valence-corrected chi connectivity index (χ2v) is 4.12. The van der Waals surface area contributed by atoms with Crippen LogP contribution in [0.4, 0.5) is 5.69 Å².